The topological polar surface area (TPSA) is 70.4 Å². The zero-order valence-corrected chi connectivity index (χ0v) is 14.2. The number of carbonyl (C=O) groups excluding carboxylic acids is 1. The smallest absolute Gasteiger partial charge is 0.237 e. The molecule has 22 heavy (non-hydrogen) atoms. The van der Waals surface area contributed by atoms with Crippen molar-refractivity contribution < 1.29 is 9.90 Å². The number of likely N-dealkylation sites (tertiary alicyclic amines) is 1. The van der Waals surface area contributed by atoms with Crippen molar-refractivity contribution in [2.24, 2.45) is 7.05 Å². The molecule has 0 saturated carbocycles. The lowest BCUT2D eigenvalue weighted by Gasteiger charge is -2.32. The molecular weight excluding hydrogens is 280 g/mol. The van der Waals surface area contributed by atoms with E-state index in [1.165, 1.54) is 0 Å². The Morgan fingerprint density at radius 3 is 2.59 bits per heavy atom. The molecule has 1 aromatic heterocycles. The standard InChI is InChI=1S/C16H28N4O2/c1-11-6-7-12(2)20(11)13(3)15(21)17-10-16(4,22)14-8-18-19(5)9-14/h8-9,11-13,22H,6-7,10H2,1-5H3,(H,17,21). The fourth-order valence-electron chi connectivity index (χ4n) is 3.32. The summed E-state index contributed by atoms with van der Waals surface area (Å²) in [6, 6.07) is 0.668. The highest BCUT2D eigenvalue weighted by Crippen LogP contribution is 2.26. The molecule has 0 aromatic carbocycles. The van der Waals surface area contributed by atoms with Crippen molar-refractivity contribution in [1.82, 2.24) is 20.0 Å². The van der Waals surface area contributed by atoms with Crippen LogP contribution in [-0.2, 0) is 17.4 Å². The Bertz CT molecular complexity index is 516. The fraction of sp³-hybridized carbons (Fsp3) is 0.750. The number of hydrogen-bond acceptors (Lipinski definition) is 4. The van der Waals surface area contributed by atoms with E-state index in [-0.39, 0.29) is 18.5 Å². The van der Waals surface area contributed by atoms with Crippen LogP contribution in [0.15, 0.2) is 12.4 Å². The van der Waals surface area contributed by atoms with E-state index in [4.69, 9.17) is 0 Å². The van der Waals surface area contributed by atoms with E-state index in [2.05, 4.69) is 29.2 Å². The SMILES string of the molecule is CC1CCC(C)N1C(C)C(=O)NCC(C)(O)c1cnn(C)c1. The summed E-state index contributed by atoms with van der Waals surface area (Å²) in [6.45, 7) is 8.14. The number of nitrogens with zero attached hydrogens (tertiary/aromatic N) is 3. The summed E-state index contributed by atoms with van der Waals surface area (Å²) >= 11 is 0. The summed E-state index contributed by atoms with van der Waals surface area (Å²) in [5, 5.41) is 17.5. The third-order valence-corrected chi connectivity index (χ3v) is 4.78. The van der Waals surface area contributed by atoms with Crippen molar-refractivity contribution in [3.63, 3.8) is 0 Å². The minimum Gasteiger partial charge on any atom is -0.383 e. The highest BCUT2D eigenvalue weighted by Gasteiger charge is 2.35. The molecule has 1 aliphatic rings. The van der Waals surface area contributed by atoms with Gasteiger partial charge in [0, 0.05) is 30.9 Å². The van der Waals surface area contributed by atoms with Gasteiger partial charge in [-0.25, -0.2) is 0 Å². The molecule has 0 aliphatic carbocycles. The first-order valence-corrected chi connectivity index (χ1v) is 7.99. The van der Waals surface area contributed by atoms with Gasteiger partial charge in [-0.2, -0.15) is 5.10 Å². The number of carbonyl (C=O) groups is 1. The number of amides is 1. The van der Waals surface area contributed by atoms with Gasteiger partial charge in [-0.15, -0.1) is 0 Å². The highest BCUT2D eigenvalue weighted by molar-refractivity contribution is 5.81. The Morgan fingerprint density at radius 1 is 1.50 bits per heavy atom. The zero-order chi connectivity index (χ0) is 16.5. The summed E-state index contributed by atoms with van der Waals surface area (Å²) in [7, 11) is 1.80. The number of aromatic nitrogens is 2. The lowest BCUT2D eigenvalue weighted by Crippen LogP contribution is -2.51. The van der Waals surface area contributed by atoms with Gasteiger partial charge in [0.15, 0.2) is 0 Å². The molecule has 2 rings (SSSR count). The first-order valence-electron chi connectivity index (χ1n) is 7.99. The summed E-state index contributed by atoms with van der Waals surface area (Å²) in [5.74, 6) is -0.0373. The lowest BCUT2D eigenvalue weighted by atomic mass is 9.99. The predicted molar refractivity (Wildman–Crippen MR) is 85.2 cm³/mol. The van der Waals surface area contributed by atoms with Crippen LogP contribution >= 0.6 is 0 Å². The van der Waals surface area contributed by atoms with Gasteiger partial charge in [0.25, 0.3) is 0 Å². The average molecular weight is 308 g/mol. The van der Waals surface area contributed by atoms with E-state index < -0.39 is 5.60 Å². The Labute approximate surface area is 132 Å². The van der Waals surface area contributed by atoms with Crippen molar-refractivity contribution >= 4 is 5.91 Å². The lowest BCUT2D eigenvalue weighted by molar-refractivity contribution is -0.128. The van der Waals surface area contributed by atoms with Crippen molar-refractivity contribution in [3.05, 3.63) is 18.0 Å². The van der Waals surface area contributed by atoms with Gasteiger partial charge in [0.2, 0.25) is 5.91 Å². The van der Waals surface area contributed by atoms with Crippen molar-refractivity contribution in [2.75, 3.05) is 6.54 Å². The molecule has 0 bridgehead atoms. The van der Waals surface area contributed by atoms with Gasteiger partial charge in [-0.3, -0.25) is 14.4 Å². The first kappa shape index (κ1) is 17.0. The van der Waals surface area contributed by atoms with Crippen LogP contribution in [0.2, 0.25) is 0 Å². The minimum absolute atomic E-state index is 0.0373. The quantitative estimate of drug-likeness (QED) is 0.851. The van der Waals surface area contributed by atoms with Crippen LogP contribution in [0.1, 0.15) is 46.1 Å². The predicted octanol–water partition coefficient (Wildman–Crippen LogP) is 1.01. The fourth-order valence-corrected chi connectivity index (χ4v) is 3.32. The molecule has 1 amide bonds. The molecule has 4 atom stereocenters. The molecule has 0 spiro atoms. The molecule has 6 nitrogen and oxygen atoms in total. The van der Waals surface area contributed by atoms with E-state index in [1.54, 1.807) is 31.0 Å². The Morgan fingerprint density at radius 2 is 2.09 bits per heavy atom. The number of aryl methyl sites for hydroxylation is 1. The Hall–Kier alpha value is -1.40. The maximum atomic E-state index is 12.4. The van der Waals surface area contributed by atoms with Gasteiger partial charge in [-0.05, 0) is 40.5 Å². The second kappa shape index (κ2) is 6.38. The average Bonchev–Trinajstić information content (AvgIpc) is 3.02. The summed E-state index contributed by atoms with van der Waals surface area (Å²) in [4.78, 5) is 14.7. The molecule has 124 valence electrons. The number of aliphatic hydroxyl groups is 1. The minimum atomic E-state index is -1.12. The third kappa shape index (κ3) is 3.50. The third-order valence-electron chi connectivity index (χ3n) is 4.78. The number of nitrogens with one attached hydrogen (secondary N) is 1. The van der Waals surface area contributed by atoms with Crippen LogP contribution in [-0.4, -0.2) is 50.4 Å². The van der Waals surface area contributed by atoms with Crippen molar-refractivity contribution in [1.29, 1.82) is 0 Å². The molecule has 1 fully saturated rings. The molecule has 0 radical (unpaired) electrons. The maximum absolute atomic E-state index is 12.4. The molecular formula is C16H28N4O2. The molecule has 2 heterocycles. The van der Waals surface area contributed by atoms with E-state index >= 15 is 0 Å². The summed E-state index contributed by atoms with van der Waals surface area (Å²) in [6.07, 6.45) is 5.65. The molecule has 1 aliphatic heterocycles. The number of hydrogen-bond donors (Lipinski definition) is 2. The van der Waals surface area contributed by atoms with Gasteiger partial charge >= 0.3 is 0 Å². The highest BCUT2D eigenvalue weighted by atomic mass is 16.3. The van der Waals surface area contributed by atoms with Crippen LogP contribution in [0.4, 0.5) is 0 Å². The van der Waals surface area contributed by atoms with E-state index in [1.807, 2.05) is 6.92 Å². The summed E-state index contributed by atoms with van der Waals surface area (Å²) < 4.78 is 1.64. The first-order chi connectivity index (χ1) is 10.2. The maximum Gasteiger partial charge on any atom is 0.237 e. The molecule has 1 saturated heterocycles. The van der Waals surface area contributed by atoms with Gasteiger partial charge < -0.3 is 10.4 Å². The summed E-state index contributed by atoms with van der Waals surface area (Å²) in [5.41, 5.74) is -0.419. The Balaban J connectivity index is 1.94. The molecule has 2 N–H and O–H groups in total. The van der Waals surface area contributed by atoms with Gasteiger partial charge in [0.05, 0.1) is 18.8 Å². The normalized spacial score (nSPS) is 26.6. The molecule has 1 aromatic rings. The molecule has 4 unspecified atom stereocenters. The van der Waals surface area contributed by atoms with Crippen LogP contribution in [0.25, 0.3) is 0 Å². The van der Waals surface area contributed by atoms with Crippen LogP contribution in [0.5, 0.6) is 0 Å². The largest absolute Gasteiger partial charge is 0.383 e. The monoisotopic (exact) mass is 308 g/mol. The molecule has 6 heteroatoms. The van der Waals surface area contributed by atoms with E-state index in [9.17, 15) is 9.90 Å². The van der Waals surface area contributed by atoms with E-state index in [0.717, 1.165) is 12.8 Å². The van der Waals surface area contributed by atoms with Crippen molar-refractivity contribution in [3.8, 4) is 0 Å². The van der Waals surface area contributed by atoms with Crippen molar-refractivity contribution in [2.45, 2.75) is 64.3 Å². The Kier molecular flexibility index (Phi) is 4.92. The van der Waals surface area contributed by atoms with Crippen LogP contribution in [0, 0.1) is 0 Å². The zero-order valence-electron chi connectivity index (χ0n) is 14.2. The van der Waals surface area contributed by atoms with E-state index in [0.29, 0.717) is 17.6 Å². The van der Waals surface area contributed by atoms with Crippen LogP contribution < -0.4 is 5.32 Å². The van der Waals surface area contributed by atoms with Crippen LogP contribution in [0.3, 0.4) is 0 Å². The number of rotatable bonds is 5. The van der Waals surface area contributed by atoms with Gasteiger partial charge in [0.1, 0.15) is 5.60 Å². The second-order valence-corrected chi connectivity index (χ2v) is 6.79. The van der Waals surface area contributed by atoms with Gasteiger partial charge in [-0.1, -0.05) is 0 Å². The second-order valence-electron chi connectivity index (χ2n) is 6.79.